The van der Waals surface area contributed by atoms with Crippen LogP contribution in [0.15, 0.2) is 30.3 Å². The van der Waals surface area contributed by atoms with E-state index in [0.717, 1.165) is 31.6 Å². The molecule has 19 heavy (non-hydrogen) atoms. The lowest BCUT2D eigenvalue weighted by Crippen LogP contribution is -2.19. The summed E-state index contributed by atoms with van der Waals surface area (Å²) in [6.45, 7) is 4.16. The summed E-state index contributed by atoms with van der Waals surface area (Å²) in [7, 11) is 0. The maximum Gasteiger partial charge on any atom is 0.0948 e. The van der Waals surface area contributed by atoms with E-state index in [1.54, 1.807) is 11.3 Å². The highest BCUT2D eigenvalue weighted by molar-refractivity contribution is 7.12. The molecule has 0 aliphatic rings. The third kappa shape index (κ3) is 4.13. The number of hydrogen-bond donors (Lipinski definition) is 2. The second-order valence-corrected chi connectivity index (χ2v) is 5.74. The van der Waals surface area contributed by atoms with E-state index in [0.29, 0.717) is 0 Å². The van der Waals surface area contributed by atoms with Gasteiger partial charge < -0.3 is 10.4 Å². The summed E-state index contributed by atoms with van der Waals surface area (Å²) in [5.74, 6) is 0. The van der Waals surface area contributed by atoms with Crippen molar-refractivity contribution in [1.82, 2.24) is 10.3 Å². The Morgan fingerprint density at radius 3 is 2.74 bits per heavy atom. The minimum absolute atomic E-state index is 0.252. The van der Waals surface area contributed by atoms with Crippen LogP contribution in [-0.4, -0.2) is 29.8 Å². The van der Waals surface area contributed by atoms with Gasteiger partial charge in [0.05, 0.1) is 10.7 Å². The van der Waals surface area contributed by atoms with Crippen molar-refractivity contribution in [3.63, 3.8) is 0 Å². The monoisotopic (exact) mass is 276 g/mol. The van der Waals surface area contributed by atoms with Gasteiger partial charge in [0.2, 0.25) is 0 Å². The molecule has 0 aliphatic heterocycles. The lowest BCUT2D eigenvalue weighted by Gasteiger charge is -2.00. The molecule has 0 unspecified atom stereocenters. The van der Waals surface area contributed by atoms with E-state index in [1.807, 2.05) is 18.2 Å². The zero-order chi connectivity index (χ0) is 13.5. The summed E-state index contributed by atoms with van der Waals surface area (Å²) in [5.41, 5.74) is 2.30. The molecule has 102 valence electrons. The maximum absolute atomic E-state index is 8.70. The molecular formula is C15H20N2OS. The van der Waals surface area contributed by atoms with E-state index in [4.69, 9.17) is 10.1 Å². The number of aryl methyl sites for hydroxylation is 1. The van der Waals surface area contributed by atoms with Crippen LogP contribution in [0.5, 0.6) is 0 Å². The second kappa shape index (κ2) is 7.38. The highest BCUT2D eigenvalue weighted by Gasteiger charge is 2.08. The molecule has 2 N–H and O–H groups in total. The molecular weight excluding hydrogens is 256 g/mol. The lowest BCUT2D eigenvalue weighted by atomic mass is 10.1. The van der Waals surface area contributed by atoms with Crippen LogP contribution >= 0.6 is 11.3 Å². The van der Waals surface area contributed by atoms with Crippen molar-refractivity contribution >= 4 is 11.3 Å². The Balaban J connectivity index is 1.94. The first-order chi connectivity index (χ1) is 9.31. The molecule has 4 heteroatoms. The van der Waals surface area contributed by atoms with Crippen LogP contribution < -0.4 is 5.32 Å². The molecule has 0 spiro atoms. The first-order valence-electron chi connectivity index (χ1n) is 6.64. The Bertz CT molecular complexity index is 496. The van der Waals surface area contributed by atoms with Gasteiger partial charge in [-0.3, -0.25) is 0 Å². The minimum Gasteiger partial charge on any atom is -0.396 e. The van der Waals surface area contributed by atoms with E-state index in [1.165, 1.54) is 15.4 Å². The number of hydrogen-bond acceptors (Lipinski definition) is 4. The van der Waals surface area contributed by atoms with Crippen LogP contribution in [0.25, 0.3) is 11.3 Å². The van der Waals surface area contributed by atoms with E-state index >= 15 is 0 Å². The van der Waals surface area contributed by atoms with E-state index in [2.05, 4.69) is 24.4 Å². The number of nitrogens with zero attached hydrogens (tertiary/aromatic N) is 1. The van der Waals surface area contributed by atoms with Gasteiger partial charge in [0.15, 0.2) is 0 Å². The average molecular weight is 276 g/mol. The van der Waals surface area contributed by atoms with Crippen LogP contribution in [0, 0.1) is 6.92 Å². The summed E-state index contributed by atoms with van der Waals surface area (Å²) in [5, 5.41) is 13.2. The Morgan fingerprint density at radius 2 is 2.00 bits per heavy atom. The van der Waals surface area contributed by atoms with Gasteiger partial charge in [-0.15, -0.1) is 11.3 Å². The highest BCUT2D eigenvalue weighted by Crippen LogP contribution is 2.27. The molecule has 1 aromatic carbocycles. The Hall–Kier alpha value is -1.23. The number of nitrogens with one attached hydrogen (secondary N) is 1. The maximum atomic E-state index is 8.70. The van der Waals surface area contributed by atoms with E-state index in [-0.39, 0.29) is 6.61 Å². The SMILES string of the molecule is Cc1sc(CCNCCCO)nc1-c1ccccc1. The van der Waals surface area contributed by atoms with Gasteiger partial charge in [-0.1, -0.05) is 30.3 Å². The van der Waals surface area contributed by atoms with Crippen LogP contribution in [0.3, 0.4) is 0 Å². The van der Waals surface area contributed by atoms with E-state index < -0.39 is 0 Å². The van der Waals surface area contributed by atoms with Crippen molar-refractivity contribution in [2.45, 2.75) is 19.8 Å². The number of rotatable bonds is 7. The number of aliphatic hydroxyl groups excluding tert-OH is 1. The van der Waals surface area contributed by atoms with Crippen LogP contribution in [-0.2, 0) is 6.42 Å². The Kier molecular flexibility index (Phi) is 5.51. The standard InChI is InChI=1S/C15H20N2OS/c1-12-15(13-6-3-2-4-7-13)17-14(19-12)8-10-16-9-5-11-18/h2-4,6-7,16,18H,5,8-11H2,1H3. The summed E-state index contributed by atoms with van der Waals surface area (Å²) in [6.07, 6.45) is 1.76. The van der Waals surface area contributed by atoms with Crippen molar-refractivity contribution in [1.29, 1.82) is 0 Å². The van der Waals surface area contributed by atoms with Crippen molar-refractivity contribution < 1.29 is 5.11 Å². The molecule has 1 aromatic heterocycles. The van der Waals surface area contributed by atoms with Gasteiger partial charge in [-0.05, 0) is 19.9 Å². The Labute approximate surface area is 118 Å². The number of benzene rings is 1. The van der Waals surface area contributed by atoms with Gasteiger partial charge in [0.1, 0.15) is 0 Å². The van der Waals surface area contributed by atoms with Crippen LogP contribution in [0.2, 0.25) is 0 Å². The quantitative estimate of drug-likeness (QED) is 0.764. The third-order valence-electron chi connectivity index (χ3n) is 2.92. The van der Waals surface area contributed by atoms with Gasteiger partial charge >= 0.3 is 0 Å². The third-order valence-corrected chi connectivity index (χ3v) is 3.95. The van der Waals surface area contributed by atoms with Gasteiger partial charge in [-0.25, -0.2) is 4.98 Å². The fourth-order valence-corrected chi connectivity index (χ4v) is 2.90. The molecule has 3 nitrogen and oxygen atoms in total. The zero-order valence-electron chi connectivity index (χ0n) is 11.2. The van der Waals surface area contributed by atoms with Crippen molar-refractivity contribution in [3.8, 4) is 11.3 Å². The molecule has 0 fully saturated rings. The minimum atomic E-state index is 0.252. The summed E-state index contributed by atoms with van der Waals surface area (Å²) in [4.78, 5) is 6.00. The van der Waals surface area contributed by atoms with Crippen LogP contribution in [0.4, 0.5) is 0 Å². The van der Waals surface area contributed by atoms with Crippen molar-refractivity contribution in [2.24, 2.45) is 0 Å². The van der Waals surface area contributed by atoms with Gasteiger partial charge in [0.25, 0.3) is 0 Å². The largest absolute Gasteiger partial charge is 0.396 e. The normalized spacial score (nSPS) is 10.8. The Morgan fingerprint density at radius 1 is 1.21 bits per heavy atom. The van der Waals surface area contributed by atoms with Crippen molar-refractivity contribution in [3.05, 3.63) is 40.2 Å². The molecule has 1 heterocycles. The smallest absolute Gasteiger partial charge is 0.0948 e. The molecule has 0 saturated carbocycles. The number of aliphatic hydroxyl groups is 1. The summed E-state index contributed by atoms with van der Waals surface area (Å²) in [6, 6.07) is 10.3. The van der Waals surface area contributed by atoms with E-state index in [9.17, 15) is 0 Å². The first-order valence-corrected chi connectivity index (χ1v) is 7.46. The molecule has 2 aromatic rings. The number of thiazole rings is 1. The van der Waals surface area contributed by atoms with Gasteiger partial charge in [-0.2, -0.15) is 0 Å². The molecule has 0 amide bonds. The topological polar surface area (TPSA) is 45.1 Å². The molecule has 0 saturated heterocycles. The molecule has 2 rings (SSSR count). The molecule has 0 aliphatic carbocycles. The van der Waals surface area contributed by atoms with Crippen molar-refractivity contribution in [2.75, 3.05) is 19.7 Å². The number of aromatic nitrogens is 1. The first kappa shape index (κ1) is 14.2. The average Bonchev–Trinajstić information content (AvgIpc) is 2.81. The highest BCUT2D eigenvalue weighted by atomic mass is 32.1. The van der Waals surface area contributed by atoms with Gasteiger partial charge in [0, 0.05) is 30.0 Å². The fraction of sp³-hybridized carbons (Fsp3) is 0.400. The summed E-state index contributed by atoms with van der Waals surface area (Å²) >= 11 is 1.77. The second-order valence-electron chi connectivity index (χ2n) is 4.46. The predicted molar refractivity (Wildman–Crippen MR) is 80.6 cm³/mol. The molecule has 0 radical (unpaired) electrons. The predicted octanol–water partition coefficient (Wildman–Crippen LogP) is 2.63. The molecule has 0 bridgehead atoms. The molecule has 0 atom stereocenters. The summed E-state index contributed by atoms with van der Waals surface area (Å²) < 4.78 is 0. The fourth-order valence-electron chi connectivity index (χ4n) is 1.95. The zero-order valence-corrected chi connectivity index (χ0v) is 12.0. The lowest BCUT2D eigenvalue weighted by molar-refractivity contribution is 0.286. The van der Waals surface area contributed by atoms with Crippen LogP contribution in [0.1, 0.15) is 16.3 Å².